The lowest BCUT2D eigenvalue weighted by Gasteiger charge is -2.17. The molecule has 0 amide bonds. The highest BCUT2D eigenvalue weighted by atomic mass is 32.2. The van der Waals surface area contributed by atoms with Crippen molar-refractivity contribution in [1.29, 1.82) is 0 Å². The number of rotatable bonds is 6. The topological polar surface area (TPSA) is 29.9 Å². The summed E-state index contributed by atoms with van der Waals surface area (Å²) in [5.74, 6) is 0. The number of imidazole rings is 1. The lowest BCUT2D eigenvalue weighted by molar-refractivity contribution is 0.576. The van der Waals surface area contributed by atoms with E-state index in [1.807, 2.05) is 28.9 Å². The molecule has 0 fully saturated rings. The zero-order chi connectivity index (χ0) is 13.7. The minimum atomic E-state index is 0.381. The molecule has 0 saturated carbocycles. The first-order chi connectivity index (χ1) is 9.20. The van der Waals surface area contributed by atoms with Gasteiger partial charge in [0.15, 0.2) is 0 Å². The van der Waals surface area contributed by atoms with E-state index in [2.05, 4.69) is 54.7 Å². The molecule has 2 rings (SSSR count). The summed E-state index contributed by atoms with van der Waals surface area (Å²) in [4.78, 5) is 4.06. The third-order valence-corrected chi connectivity index (χ3v) is 4.28. The van der Waals surface area contributed by atoms with Crippen LogP contribution in [0.25, 0.3) is 5.69 Å². The molecule has 1 aromatic carbocycles. The van der Waals surface area contributed by atoms with Crippen molar-refractivity contribution in [2.45, 2.75) is 25.1 Å². The molecule has 19 heavy (non-hydrogen) atoms. The summed E-state index contributed by atoms with van der Waals surface area (Å²) < 4.78 is 2.01. The van der Waals surface area contributed by atoms with E-state index in [0.717, 1.165) is 12.2 Å². The van der Waals surface area contributed by atoms with Gasteiger partial charge in [0, 0.05) is 35.9 Å². The van der Waals surface area contributed by atoms with Crippen molar-refractivity contribution in [2.75, 3.05) is 12.8 Å². The van der Waals surface area contributed by atoms with Gasteiger partial charge in [0.25, 0.3) is 0 Å². The molecule has 0 aliphatic heterocycles. The molecule has 0 unspecified atom stereocenters. The van der Waals surface area contributed by atoms with Gasteiger partial charge in [-0.3, -0.25) is 0 Å². The highest BCUT2D eigenvalue weighted by Crippen LogP contribution is 2.16. The fourth-order valence-corrected chi connectivity index (χ4v) is 2.15. The Morgan fingerprint density at radius 3 is 2.58 bits per heavy atom. The second kappa shape index (κ2) is 6.78. The molecule has 1 aromatic heterocycles. The van der Waals surface area contributed by atoms with Crippen LogP contribution in [0, 0.1) is 0 Å². The van der Waals surface area contributed by atoms with Crippen molar-refractivity contribution in [2.24, 2.45) is 0 Å². The normalized spacial score (nSPS) is 14.3. The number of aromatic nitrogens is 2. The second-order valence-corrected chi connectivity index (χ2v) is 6.01. The molecule has 1 heterocycles. The molecule has 1 N–H and O–H groups in total. The summed E-state index contributed by atoms with van der Waals surface area (Å²) in [6.45, 7) is 5.48. The molecular weight excluding hydrogens is 254 g/mol. The maximum atomic E-state index is 4.06. The highest BCUT2D eigenvalue weighted by Gasteiger charge is 2.07. The van der Waals surface area contributed by atoms with E-state index >= 15 is 0 Å². The summed E-state index contributed by atoms with van der Waals surface area (Å²) in [7, 11) is 0. The van der Waals surface area contributed by atoms with Crippen molar-refractivity contribution in [3.63, 3.8) is 0 Å². The molecular formula is C15H21N3S. The molecule has 0 aliphatic rings. The van der Waals surface area contributed by atoms with Crippen LogP contribution in [0.4, 0.5) is 0 Å². The number of nitrogens with zero attached hydrogens (tertiary/aromatic N) is 2. The Labute approximate surface area is 119 Å². The smallest absolute Gasteiger partial charge is 0.0991 e. The maximum Gasteiger partial charge on any atom is 0.0991 e. The summed E-state index contributed by atoms with van der Waals surface area (Å²) in [6, 6.07) is 9.00. The van der Waals surface area contributed by atoms with Gasteiger partial charge in [-0.1, -0.05) is 19.1 Å². The lowest BCUT2D eigenvalue weighted by Crippen LogP contribution is -2.25. The predicted molar refractivity (Wildman–Crippen MR) is 83.0 cm³/mol. The Morgan fingerprint density at radius 1 is 1.26 bits per heavy atom. The Bertz CT molecular complexity index is 479. The van der Waals surface area contributed by atoms with Crippen LogP contribution >= 0.6 is 11.8 Å². The van der Waals surface area contributed by atoms with Crippen molar-refractivity contribution in [1.82, 2.24) is 14.9 Å². The first kappa shape index (κ1) is 14.2. The van der Waals surface area contributed by atoms with Crippen LogP contribution in [0.1, 0.15) is 25.5 Å². The molecule has 102 valence electrons. The van der Waals surface area contributed by atoms with E-state index in [0.29, 0.717) is 11.3 Å². The Balaban J connectivity index is 1.98. The van der Waals surface area contributed by atoms with E-state index in [4.69, 9.17) is 0 Å². The maximum absolute atomic E-state index is 4.06. The van der Waals surface area contributed by atoms with Gasteiger partial charge in [0.1, 0.15) is 0 Å². The number of hydrogen-bond acceptors (Lipinski definition) is 3. The summed E-state index contributed by atoms with van der Waals surface area (Å²) >= 11 is 1.89. The van der Waals surface area contributed by atoms with Crippen LogP contribution in [0.2, 0.25) is 0 Å². The van der Waals surface area contributed by atoms with Crippen LogP contribution in [0.15, 0.2) is 43.0 Å². The van der Waals surface area contributed by atoms with Crippen molar-refractivity contribution < 1.29 is 0 Å². The summed E-state index contributed by atoms with van der Waals surface area (Å²) in [5.41, 5.74) is 2.46. The fraction of sp³-hybridized carbons (Fsp3) is 0.400. The number of benzene rings is 1. The molecule has 0 radical (unpaired) electrons. The van der Waals surface area contributed by atoms with Crippen LogP contribution in [0.3, 0.4) is 0 Å². The number of thioether (sulfide) groups is 1. The molecule has 4 heteroatoms. The minimum absolute atomic E-state index is 0.381. The SMILES string of the molecule is CS[C@@H](C)CN[C@@H](C)c1ccc(-n2ccnc2)cc1. The second-order valence-electron chi connectivity index (χ2n) is 4.74. The Morgan fingerprint density at radius 2 is 2.00 bits per heavy atom. The number of hydrogen-bond donors (Lipinski definition) is 1. The Hall–Kier alpha value is -1.26. The summed E-state index contributed by atoms with van der Waals surface area (Å²) in [5, 5.41) is 4.21. The fourth-order valence-electron chi connectivity index (χ4n) is 1.89. The van der Waals surface area contributed by atoms with E-state index in [9.17, 15) is 0 Å². The van der Waals surface area contributed by atoms with Gasteiger partial charge in [-0.05, 0) is 30.9 Å². The molecule has 0 bridgehead atoms. The van der Waals surface area contributed by atoms with Gasteiger partial charge in [0.2, 0.25) is 0 Å². The third kappa shape index (κ3) is 3.85. The van der Waals surface area contributed by atoms with Crippen LogP contribution < -0.4 is 5.32 Å². The van der Waals surface area contributed by atoms with Crippen LogP contribution in [0.5, 0.6) is 0 Å². The lowest BCUT2D eigenvalue weighted by atomic mass is 10.1. The van der Waals surface area contributed by atoms with E-state index < -0.39 is 0 Å². The van der Waals surface area contributed by atoms with Crippen molar-refractivity contribution in [3.8, 4) is 5.69 Å². The van der Waals surface area contributed by atoms with E-state index in [1.165, 1.54) is 5.56 Å². The minimum Gasteiger partial charge on any atom is -0.309 e. The van der Waals surface area contributed by atoms with Crippen LogP contribution in [-0.4, -0.2) is 27.6 Å². The quantitative estimate of drug-likeness (QED) is 0.877. The highest BCUT2D eigenvalue weighted by molar-refractivity contribution is 7.99. The molecule has 0 saturated heterocycles. The number of nitrogens with one attached hydrogen (secondary N) is 1. The predicted octanol–water partition coefficient (Wildman–Crippen LogP) is 3.27. The van der Waals surface area contributed by atoms with Crippen molar-refractivity contribution in [3.05, 3.63) is 48.5 Å². The van der Waals surface area contributed by atoms with Gasteiger partial charge in [0.05, 0.1) is 6.33 Å². The molecule has 2 atom stereocenters. The molecule has 3 nitrogen and oxygen atoms in total. The zero-order valence-electron chi connectivity index (χ0n) is 11.7. The average Bonchev–Trinajstić information content (AvgIpc) is 2.98. The first-order valence-corrected chi connectivity index (χ1v) is 7.84. The monoisotopic (exact) mass is 275 g/mol. The van der Waals surface area contributed by atoms with Crippen molar-refractivity contribution >= 4 is 11.8 Å². The molecule has 0 spiro atoms. The zero-order valence-corrected chi connectivity index (χ0v) is 12.5. The first-order valence-electron chi connectivity index (χ1n) is 6.55. The van der Waals surface area contributed by atoms with Gasteiger partial charge in [-0.15, -0.1) is 0 Å². The van der Waals surface area contributed by atoms with Gasteiger partial charge in [-0.2, -0.15) is 11.8 Å². The summed E-state index contributed by atoms with van der Waals surface area (Å²) in [6.07, 6.45) is 7.71. The molecule has 0 aliphatic carbocycles. The largest absolute Gasteiger partial charge is 0.309 e. The van der Waals surface area contributed by atoms with Gasteiger partial charge < -0.3 is 9.88 Å². The average molecular weight is 275 g/mol. The standard InChI is InChI=1S/C15H21N3S/c1-12(19-3)10-17-13(2)14-4-6-15(7-5-14)18-9-8-16-11-18/h4-9,11-13,17H,10H2,1-3H3/t12-,13-/m0/s1. The van der Waals surface area contributed by atoms with Crippen LogP contribution in [-0.2, 0) is 0 Å². The van der Waals surface area contributed by atoms with E-state index in [1.54, 1.807) is 6.20 Å². The van der Waals surface area contributed by atoms with Gasteiger partial charge in [-0.25, -0.2) is 4.98 Å². The third-order valence-electron chi connectivity index (χ3n) is 3.31. The van der Waals surface area contributed by atoms with E-state index in [-0.39, 0.29) is 0 Å². The molecule has 2 aromatic rings. The Kier molecular flexibility index (Phi) is 5.05. The van der Waals surface area contributed by atoms with Gasteiger partial charge >= 0.3 is 0 Å².